The molecule has 1 aliphatic rings. The zero-order chi connectivity index (χ0) is 23.9. The molecule has 178 valence electrons. The molecule has 4 rings (SSSR count). The standard InChI is InChI=1S/C22H25N7O4S/c1-32-17-8-9-19(33-2)18(14-17)29-22(24-25-26-29)34-15-20(30)27-10-12-28(13-11-27)21(31)23-16-6-4-3-5-7-16/h3-9,14H,10-13,15H2,1-2H3,(H,23,31). The van der Waals surface area contributed by atoms with Crippen molar-refractivity contribution in [3.63, 3.8) is 0 Å². The number of nitrogens with one attached hydrogen (secondary N) is 1. The highest BCUT2D eigenvalue weighted by atomic mass is 32.2. The fraction of sp³-hybridized carbons (Fsp3) is 0.318. The third-order valence-corrected chi connectivity index (χ3v) is 6.23. The van der Waals surface area contributed by atoms with Crippen LogP contribution in [0.15, 0.2) is 53.7 Å². The second kappa shape index (κ2) is 10.9. The monoisotopic (exact) mass is 483 g/mol. The van der Waals surface area contributed by atoms with Gasteiger partial charge in [0, 0.05) is 37.9 Å². The Morgan fingerprint density at radius 2 is 1.74 bits per heavy atom. The molecule has 1 aromatic heterocycles. The molecule has 1 saturated heterocycles. The summed E-state index contributed by atoms with van der Waals surface area (Å²) in [7, 11) is 3.14. The van der Waals surface area contributed by atoms with Gasteiger partial charge >= 0.3 is 6.03 Å². The van der Waals surface area contributed by atoms with Gasteiger partial charge in [-0.05, 0) is 34.7 Å². The highest BCUT2D eigenvalue weighted by molar-refractivity contribution is 7.99. The molecule has 0 unspecified atom stereocenters. The predicted octanol–water partition coefficient (Wildman–Crippen LogP) is 2.15. The van der Waals surface area contributed by atoms with Gasteiger partial charge in [-0.15, -0.1) is 5.10 Å². The summed E-state index contributed by atoms with van der Waals surface area (Å²) in [5, 5.41) is 15.2. The first-order valence-electron chi connectivity index (χ1n) is 10.6. The summed E-state index contributed by atoms with van der Waals surface area (Å²) in [5.74, 6) is 1.34. The van der Waals surface area contributed by atoms with Crippen LogP contribution in [-0.4, -0.2) is 88.1 Å². The number of piperazine rings is 1. The number of rotatable bonds is 7. The largest absolute Gasteiger partial charge is 0.497 e. The molecular weight excluding hydrogens is 458 g/mol. The summed E-state index contributed by atoms with van der Waals surface area (Å²) in [6, 6.07) is 14.4. The van der Waals surface area contributed by atoms with Gasteiger partial charge in [-0.25, -0.2) is 4.79 Å². The average Bonchev–Trinajstić information content (AvgIpc) is 3.36. The van der Waals surface area contributed by atoms with Gasteiger partial charge in [0.15, 0.2) is 0 Å². The number of aromatic nitrogens is 4. The van der Waals surface area contributed by atoms with Crippen LogP contribution in [0.3, 0.4) is 0 Å². The molecule has 2 heterocycles. The molecule has 3 amide bonds. The minimum absolute atomic E-state index is 0.0414. The van der Waals surface area contributed by atoms with E-state index in [4.69, 9.17) is 9.47 Å². The topological polar surface area (TPSA) is 115 Å². The van der Waals surface area contributed by atoms with E-state index < -0.39 is 0 Å². The van der Waals surface area contributed by atoms with E-state index in [9.17, 15) is 9.59 Å². The van der Waals surface area contributed by atoms with Gasteiger partial charge in [-0.2, -0.15) is 4.68 Å². The van der Waals surface area contributed by atoms with Crippen molar-refractivity contribution in [1.29, 1.82) is 0 Å². The fourth-order valence-electron chi connectivity index (χ4n) is 3.48. The normalized spacial score (nSPS) is 13.5. The highest BCUT2D eigenvalue weighted by Crippen LogP contribution is 2.29. The zero-order valence-corrected chi connectivity index (χ0v) is 19.7. The molecule has 0 spiro atoms. The van der Waals surface area contributed by atoms with E-state index >= 15 is 0 Å². The molecule has 34 heavy (non-hydrogen) atoms. The van der Waals surface area contributed by atoms with Gasteiger partial charge in [0.1, 0.15) is 17.2 Å². The summed E-state index contributed by atoms with van der Waals surface area (Å²) < 4.78 is 12.2. The Kier molecular flexibility index (Phi) is 7.48. The number of hydrogen-bond donors (Lipinski definition) is 1. The quantitative estimate of drug-likeness (QED) is 0.509. The Hall–Kier alpha value is -3.80. The van der Waals surface area contributed by atoms with Crippen molar-refractivity contribution < 1.29 is 19.1 Å². The molecule has 3 aromatic rings. The summed E-state index contributed by atoms with van der Waals surface area (Å²) in [6.07, 6.45) is 0. The van der Waals surface area contributed by atoms with Gasteiger partial charge in [-0.3, -0.25) is 4.79 Å². The maximum Gasteiger partial charge on any atom is 0.321 e. The van der Waals surface area contributed by atoms with Crippen LogP contribution in [0, 0.1) is 0 Å². The van der Waals surface area contributed by atoms with Crippen molar-refractivity contribution in [2.75, 3.05) is 51.5 Å². The van der Waals surface area contributed by atoms with Crippen LogP contribution in [0.5, 0.6) is 11.5 Å². The molecule has 1 aliphatic heterocycles. The summed E-state index contributed by atoms with van der Waals surface area (Å²) in [5.41, 5.74) is 1.35. The minimum Gasteiger partial charge on any atom is -0.497 e. The highest BCUT2D eigenvalue weighted by Gasteiger charge is 2.25. The number of tetrazole rings is 1. The lowest BCUT2D eigenvalue weighted by Gasteiger charge is -2.34. The predicted molar refractivity (Wildman–Crippen MR) is 127 cm³/mol. The van der Waals surface area contributed by atoms with E-state index in [1.165, 1.54) is 16.4 Å². The van der Waals surface area contributed by atoms with E-state index in [0.29, 0.717) is 48.5 Å². The van der Waals surface area contributed by atoms with E-state index in [-0.39, 0.29) is 17.7 Å². The fourth-order valence-corrected chi connectivity index (χ4v) is 4.27. The van der Waals surface area contributed by atoms with E-state index in [2.05, 4.69) is 20.8 Å². The van der Waals surface area contributed by atoms with Crippen molar-refractivity contribution in [1.82, 2.24) is 30.0 Å². The Balaban J connectivity index is 1.32. The molecule has 0 saturated carbocycles. The number of benzene rings is 2. The smallest absolute Gasteiger partial charge is 0.321 e. The zero-order valence-electron chi connectivity index (χ0n) is 18.9. The molecule has 0 bridgehead atoms. The van der Waals surface area contributed by atoms with Crippen LogP contribution in [-0.2, 0) is 4.79 Å². The number of amides is 3. The summed E-state index contributed by atoms with van der Waals surface area (Å²) in [4.78, 5) is 28.7. The SMILES string of the molecule is COc1ccc(OC)c(-n2nnnc2SCC(=O)N2CCN(C(=O)Nc3ccccc3)CC2)c1. The number of methoxy groups -OCH3 is 2. The first-order chi connectivity index (χ1) is 16.6. The molecule has 11 nitrogen and oxygen atoms in total. The number of ether oxygens (including phenoxy) is 2. The molecular formula is C22H25N7O4S. The van der Waals surface area contributed by atoms with Gasteiger partial charge in [0.25, 0.3) is 0 Å². The van der Waals surface area contributed by atoms with Gasteiger partial charge < -0.3 is 24.6 Å². The minimum atomic E-state index is -0.168. The van der Waals surface area contributed by atoms with Crippen LogP contribution >= 0.6 is 11.8 Å². The molecule has 2 aromatic carbocycles. The van der Waals surface area contributed by atoms with Crippen LogP contribution in [0.4, 0.5) is 10.5 Å². The van der Waals surface area contributed by atoms with E-state index in [1.54, 1.807) is 42.2 Å². The number of thioether (sulfide) groups is 1. The van der Waals surface area contributed by atoms with Crippen LogP contribution in [0.25, 0.3) is 5.69 Å². The number of carbonyl (C=O) groups is 2. The van der Waals surface area contributed by atoms with Gasteiger partial charge in [0.05, 0.1) is 20.0 Å². The maximum atomic E-state index is 12.8. The lowest BCUT2D eigenvalue weighted by atomic mass is 10.3. The van der Waals surface area contributed by atoms with Crippen molar-refractivity contribution in [2.45, 2.75) is 5.16 Å². The van der Waals surface area contributed by atoms with Crippen LogP contribution in [0.1, 0.15) is 0 Å². The first-order valence-corrected chi connectivity index (χ1v) is 11.6. The number of anilines is 1. The lowest BCUT2D eigenvalue weighted by Crippen LogP contribution is -2.52. The third kappa shape index (κ3) is 5.39. The maximum absolute atomic E-state index is 12.8. The number of hydrogen-bond acceptors (Lipinski definition) is 8. The molecule has 0 radical (unpaired) electrons. The van der Waals surface area contributed by atoms with Crippen molar-refractivity contribution in [3.05, 3.63) is 48.5 Å². The van der Waals surface area contributed by atoms with Gasteiger partial charge in [0.2, 0.25) is 11.1 Å². The summed E-state index contributed by atoms with van der Waals surface area (Å²) >= 11 is 1.24. The first kappa shape index (κ1) is 23.4. The Labute approximate surface area is 201 Å². The summed E-state index contributed by atoms with van der Waals surface area (Å²) in [6.45, 7) is 1.87. The third-order valence-electron chi connectivity index (χ3n) is 5.32. The average molecular weight is 484 g/mol. The number of carbonyl (C=O) groups excluding carboxylic acids is 2. The second-order valence-electron chi connectivity index (χ2n) is 7.36. The number of para-hydroxylation sites is 1. The van der Waals surface area contributed by atoms with Crippen LogP contribution in [0.2, 0.25) is 0 Å². The molecule has 1 N–H and O–H groups in total. The van der Waals surface area contributed by atoms with Crippen molar-refractivity contribution in [2.24, 2.45) is 0 Å². The lowest BCUT2D eigenvalue weighted by molar-refractivity contribution is -0.129. The molecule has 0 atom stereocenters. The van der Waals surface area contributed by atoms with E-state index in [1.807, 2.05) is 30.3 Å². The number of urea groups is 1. The molecule has 0 aliphatic carbocycles. The van der Waals surface area contributed by atoms with Crippen molar-refractivity contribution >= 4 is 29.4 Å². The van der Waals surface area contributed by atoms with E-state index in [0.717, 1.165) is 5.69 Å². The van der Waals surface area contributed by atoms with Crippen LogP contribution < -0.4 is 14.8 Å². The Bertz CT molecular complexity index is 1130. The Morgan fingerprint density at radius 3 is 2.44 bits per heavy atom. The number of nitrogens with zero attached hydrogens (tertiary/aromatic N) is 6. The molecule has 12 heteroatoms. The Morgan fingerprint density at radius 1 is 1.00 bits per heavy atom. The molecule has 1 fully saturated rings. The van der Waals surface area contributed by atoms with Gasteiger partial charge in [-0.1, -0.05) is 30.0 Å². The van der Waals surface area contributed by atoms with Crippen molar-refractivity contribution in [3.8, 4) is 17.2 Å². The second-order valence-corrected chi connectivity index (χ2v) is 8.31.